The Hall–Kier alpha value is -2.54. The molecule has 1 amide bonds. The number of hydrogen-bond donors (Lipinski definition) is 1. The molecule has 2 aromatic carbocycles. The van der Waals surface area contributed by atoms with Crippen LogP contribution >= 0.6 is 15.9 Å². The molecule has 0 fully saturated rings. The highest BCUT2D eigenvalue weighted by Crippen LogP contribution is 2.31. The molecule has 0 aliphatic carbocycles. The van der Waals surface area contributed by atoms with Crippen LogP contribution in [0.15, 0.2) is 46.9 Å². The fourth-order valence-electron chi connectivity index (χ4n) is 2.27. The minimum absolute atomic E-state index is 0.0426. The number of amides is 1. The van der Waals surface area contributed by atoms with E-state index in [1.54, 1.807) is 24.3 Å². The van der Waals surface area contributed by atoms with Crippen LogP contribution in [0.1, 0.15) is 5.56 Å². The van der Waals surface area contributed by atoms with Gasteiger partial charge in [0, 0.05) is 4.47 Å². The first-order chi connectivity index (χ1) is 12.0. The van der Waals surface area contributed by atoms with Gasteiger partial charge in [-0.3, -0.25) is 4.79 Å². The van der Waals surface area contributed by atoms with E-state index in [1.165, 1.54) is 0 Å². The Kier molecular flexibility index (Phi) is 5.23. The van der Waals surface area contributed by atoms with Gasteiger partial charge in [-0.05, 0) is 52.7 Å². The second-order valence-corrected chi connectivity index (χ2v) is 6.36. The van der Waals surface area contributed by atoms with Crippen molar-refractivity contribution < 1.29 is 23.8 Å². The summed E-state index contributed by atoms with van der Waals surface area (Å²) in [5.74, 6) is -0.0279. The second kappa shape index (κ2) is 7.57. The summed E-state index contributed by atoms with van der Waals surface area (Å²) in [4.78, 5) is 24.0. The standard InChI is InChI=1S/C18H16BrNO5/c1-11-6-7-13(12(19)8-11)20-17(21)10-24-18(22)16-9-23-14-4-2-3-5-15(14)25-16/h2-8,16H,9-10H2,1H3,(H,20,21)/t16-/m1/s1. The van der Waals surface area contributed by atoms with E-state index in [9.17, 15) is 9.59 Å². The van der Waals surface area contributed by atoms with Gasteiger partial charge < -0.3 is 19.5 Å². The number of halogens is 1. The Morgan fingerprint density at radius 2 is 2.00 bits per heavy atom. The third-order valence-corrected chi connectivity index (χ3v) is 4.17. The van der Waals surface area contributed by atoms with Crippen LogP contribution in [-0.2, 0) is 14.3 Å². The van der Waals surface area contributed by atoms with Crippen molar-refractivity contribution in [3.05, 3.63) is 52.5 Å². The number of hydrogen-bond acceptors (Lipinski definition) is 5. The number of ether oxygens (including phenoxy) is 3. The maximum absolute atomic E-state index is 12.1. The van der Waals surface area contributed by atoms with Crippen LogP contribution in [0.25, 0.3) is 0 Å². The fourth-order valence-corrected chi connectivity index (χ4v) is 2.87. The maximum Gasteiger partial charge on any atom is 0.351 e. The van der Waals surface area contributed by atoms with Crippen LogP contribution in [0.2, 0.25) is 0 Å². The minimum atomic E-state index is -0.895. The Morgan fingerprint density at radius 3 is 2.76 bits per heavy atom. The summed E-state index contributed by atoms with van der Waals surface area (Å²) in [7, 11) is 0. The zero-order valence-electron chi connectivity index (χ0n) is 13.5. The van der Waals surface area contributed by atoms with Crippen molar-refractivity contribution in [3.8, 4) is 11.5 Å². The molecular formula is C18H16BrNO5. The van der Waals surface area contributed by atoms with E-state index >= 15 is 0 Å². The molecule has 0 bridgehead atoms. The number of nitrogens with one attached hydrogen (secondary N) is 1. The SMILES string of the molecule is Cc1ccc(NC(=O)COC(=O)[C@H]2COc3ccccc3O2)c(Br)c1. The predicted octanol–water partition coefficient (Wildman–Crippen LogP) is 3.08. The summed E-state index contributed by atoms with van der Waals surface area (Å²) in [6.07, 6.45) is -0.895. The smallest absolute Gasteiger partial charge is 0.351 e. The largest absolute Gasteiger partial charge is 0.485 e. The molecule has 0 spiro atoms. The molecule has 1 N–H and O–H groups in total. The number of aryl methyl sites for hydroxylation is 1. The minimum Gasteiger partial charge on any atom is -0.485 e. The molecule has 0 saturated heterocycles. The number of carbonyl (C=O) groups is 2. The van der Waals surface area contributed by atoms with Crippen molar-refractivity contribution in [3.63, 3.8) is 0 Å². The van der Waals surface area contributed by atoms with Crippen LogP contribution < -0.4 is 14.8 Å². The predicted molar refractivity (Wildman–Crippen MR) is 94.8 cm³/mol. The van der Waals surface area contributed by atoms with Crippen molar-refractivity contribution in [2.45, 2.75) is 13.0 Å². The van der Waals surface area contributed by atoms with Gasteiger partial charge >= 0.3 is 5.97 Å². The molecule has 0 saturated carbocycles. The van der Waals surface area contributed by atoms with E-state index in [4.69, 9.17) is 14.2 Å². The zero-order valence-corrected chi connectivity index (χ0v) is 15.0. The van der Waals surface area contributed by atoms with Gasteiger partial charge in [-0.25, -0.2) is 4.79 Å². The number of anilines is 1. The first kappa shape index (κ1) is 17.3. The average molecular weight is 406 g/mol. The zero-order chi connectivity index (χ0) is 17.8. The molecular weight excluding hydrogens is 390 g/mol. The summed E-state index contributed by atoms with van der Waals surface area (Å²) >= 11 is 3.37. The lowest BCUT2D eigenvalue weighted by atomic mass is 10.2. The highest BCUT2D eigenvalue weighted by Gasteiger charge is 2.29. The maximum atomic E-state index is 12.1. The van der Waals surface area contributed by atoms with E-state index in [2.05, 4.69) is 21.2 Å². The number of fused-ring (bicyclic) bond motifs is 1. The second-order valence-electron chi connectivity index (χ2n) is 5.50. The molecule has 130 valence electrons. The average Bonchev–Trinajstić information content (AvgIpc) is 2.61. The lowest BCUT2D eigenvalue weighted by molar-refractivity contribution is -0.156. The first-order valence-electron chi connectivity index (χ1n) is 7.64. The summed E-state index contributed by atoms with van der Waals surface area (Å²) < 4.78 is 16.8. The molecule has 2 aromatic rings. The van der Waals surface area contributed by atoms with Crippen molar-refractivity contribution in [2.24, 2.45) is 0 Å². The Bertz CT molecular complexity index is 808. The van der Waals surface area contributed by atoms with Crippen molar-refractivity contribution in [1.82, 2.24) is 0 Å². The molecule has 1 aliphatic rings. The summed E-state index contributed by atoms with van der Waals surface area (Å²) in [6, 6.07) is 12.6. The van der Waals surface area contributed by atoms with Crippen molar-refractivity contribution in [1.29, 1.82) is 0 Å². The Balaban J connectivity index is 1.51. The lowest BCUT2D eigenvalue weighted by Crippen LogP contribution is -2.39. The van der Waals surface area contributed by atoms with Gasteiger partial charge in [0.1, 0.15) is 6.61 Å². The molecule has 1 atom stereocenters. The Morgan fingerprint density at radius 1 is 1.24 bits per heavy atom. The van der Waals surface area contributed by atoms with Crippen molar-refractivity contribution in [2.75, 3.05) is 18.5 Å². The van der Waals surface area contributed by atoms with E-state index < -0.39 is 24.6 Å². The number of rotatable bonds is 4. The summed E-state index contributed by atoms with van der Waals surface area (Å²) in [5, 5.41) is 2.68. The van der Waals surface area contributed by atoms with E-state index in [0.29, 0.717) is 17.2 Å². The number of para-hydroxylation sites is 2. The molecule has 0 unspecified atom stereocenters. The van der Waals surface area contributed by atoms with Crippen LogP contribution in [-0.4, -0.2) is 31.2 Å². The number of esters is 1. The van der Waals surface area contributed by atoms with Gasteiger partial charge in [0.2, 0.25) is 6.10 Å². The quantitative estimate of drug-likeness (QED) is 0.791. The van der Waals surface area contributed by atoms with Crippen LogP contribution in [0.4, 0.5) is 5.69 Å². The van der Waals surface area contributed by atoms with E-state index in [0.717, 1.165) is 10.0 Å². The van der Waals surface area contributed by atoms with Gasteiger partial charge in [-0.2, -0.15) is 0 Å². The highest BCUT2D eigenvalue weighted by molar-refractivity contribution is 9.10. The highest BCUT2D eigenvalue weighted by atomic mass is 79.9. The molecule has 3 rings (SSSR count). The fraction of sp³-hybridized carbons (Fsp3) is 0.222. The van der Waals surface area contributed by atoms with E-state index in [1.807, 2.05) is 25.1 Å². The first-order valence-corrected chi connectivity index (χ1v) is 8.43. The third kappa shape index (κ3) is 4.30. The van der Waals surface area contributed by atoms with Crippen LogP contribution in [0.3, 0.4) is 0 Å². The van der Waals surface area contributed by atoms with Gasteiger partial charge in [-0.1, -0.05) is 18.2 Å². The van der Waals surface area contributed by atoms with E-state index in [-0.39, 0.29) is 6.61 Å². The summed E-state index contributed by atoms with van der Waals surface area (Å²) in [5.41, 5.74) is 1.67. The topological polar surface area (TPSA) is 73.9 Å². The van der Waals surface area contributed by atoms with Gasteiger partial charge in [0.15, 0.2) is 18.1 Å². The van der Waals surface area contributed by atoms with Crippen LogP contribution in [0.5, 0.6) is 11.5 Å². The van der Waals surface area contributed by atoms with Gasteiger partial charge in [0.05, 0.1) is 5.69 Å². The van der Waals surface area contributed by atoms with Gasteiger partial charge in [0.25, 0.3) is 5.91 Å². The molecule has 25 heavy (non-hydrogen) atoms. The number of benzene rings is 2. The van der Waals surface area contributed by atoms with Crippen LogP contribution in [0, 0.1) is 6.92 Å². The molecule has 1 heterocycles. The molecule has 0 aromatic heterocycles. The molecule has 1 aliphatic heterocycles. The molecule has 6 nitrogen and oxygen atoms in total. The lowest BCUT2D eigenvalue weighted by Gasteiger charge is -2.24. The summed E-state index contributed by atoms with van der Waals surface area (Å²) in [6.45, 7) is 1.59. The van der Waals surface area contributed by atoms with Gasteiger partial charge in [-0.15, -0.1) is 0 Å². The Labute approximate surface area is 153 Å². The third-order valence-electron chi connectivity index (χ3n) is 3.52. The van der Waals surface area contributed by atoms with Crippen molar-refractivity contribution >= 4 is 33.5 Å². The molecule has 0 radical (unpaired) electrons. The normalized spacial score (nSPS) is 15.4. The molecule has 7 heteroatoms. The number of carbonyl (C=O) groups excluding carboxylic acids is 2. The monoisotopic (exact) mass is 405 g/mol.